The standard InChI is InChI=1S/C67H83F3N16O9/c1-66-32-51-49(31-54(66)67(66,69)70)62(77-76-51)63(92)75-45-34-74-85(38-45)46-17-27-84(28-18-46)65(94)43-15-25-83(26-16-43)64(93)42-11-19-80(20-12-42)37-40-9-21-81(22-10-40)57(89)7-8-58(90)82-23-13-41(14-24-82)61-60-47(48-30-53-44(29-50(48)68)33-73-79(53)2)5-4-6-52(60)86(78-61)39-56(88)71-35-55(87)72-36-59(91)95-3/h4-6,29-30,33-34,38,40-43,46,54H,7-28,31-32,35-37,39H2,1-3H3,(H,71,88)(H,72,87)(H,75,92)(H,76,77)/t54-,66+/m1/s1. The van der Waals surface area contributed by atoms with E-state index in [0.717, 1.165) is 50.8 Å². The topological polar surface area (TPSA) is 280 Å². The number of carbonyl (C=O) groups excluding carboxylic acids is 8. The number of alkyl halides is 2. The first-order valence-electron chi connectivity index (χ1n) is 33.6. The molecule has 0 bridgehead atoms. The number of aromatic amines is 1. The second-order valence-corrected chi connectivity index (χ2v) is 27.4. The molecule has 95 heavy (non-hydrogen) atoms. The maximum atomic E-state index is 16.1. The SMILES string of the molecule is COC(=O)CNC(=O)CNC(=O)Cn1nc(C2CCN(C(=O)CCC(=O)N3CCC(CN4CCC(C(=O)N5CCC(C(=O)N6CCC(n7cc(NC(=O)c8n[nH]c9c8C[C@H]8C(F)(F)[C@@]8(C)C9)cn7)CC6)CC5)CC4)CC3)CC2)c2c(-c3cc4c(cnn4C)cc3F)cccc21. The third-order valence-corrected chi connectivity index (χ3v) is 21.7. The Morgan fingerprint density at radius 1 is 0.716 bits per heavy atom. The van der Waals surface area contributed by atoms with Crippen LogP contribution in [0.3, 0.4) is 0 Å². The fraction of sp³-hybridized carbons (Fsp3) is 0.582. The van der Waals surface area contributed by atoms with Gasteiger partial charge in [0, 0.05) is 148 Å². The summed E-state index contributed by atoms with van der Waals surface area (Å²) < 4.78 is 54.6. The van der Waals surface area contributed by atoms with E-state index in [9.17, 15) is 47.1 Å². The van der Waals surface area contributed by atoms with Crippen LogP contribution in [0.4, 0.5) is 18.9 Å². The minimum Gasteiger partial charge on any atom is -0.468 e. The van der Waals surface area contributed by atoms with Gasteiger partial charge in [-0.25, -0.2) is 13.2 Å². The molecule has 6 fully saturated rings. The van der Waals surface area contributed by atoms with Crippen molar-refractivity contribution in [1.82, 2.24) is 74.7 Å². The number of amides is 7. The quantitative estimate of drug-likeness (QED) is 0.0804. The Bertz CT molecular complexity index is 3930. The Balaban J connectivity index is 0.515. The van der Waals surface area contributed by atoms with E-state index in [1.807, 2.05) is 31.5 Å². The van der Waals surface area contributed by atoms with Crippen LogP contribution in [0.5, 0.6) is 0 Å². The number of esters is 1. The van der Waals surface area contributed by atoms with Crippen LogP contribution in [0.25, 0.3) is 32.9 Å². The van der Waals surface area contributed by atoms with Gasteiger partial charge in [-0.15, -0.1) is 0 Å². The van der Waals surface area contributed by atoms with Crippen LogP contribution in [0, 0.1) is 34.9 Å². The summed E-state index contributed by atoms with van der Waals surface area (Å²) in [5, 5.41) is 29.9. The molecule has 7 amide bonds. The lowest BCUT2D eigenvalue weighted by atomic mass is 9.87. The van der Waals surface area contributed by atoms with E-state index in [2.05, 4.69) is 46.0 Å². The Morgan fingerprint density at radius 2 is 1.35 bits per heavy atom. The van der Waals surface area contributed by atoms with E-state index in [1.165, 1.54) is 13.2 Å². The molecular formula is C67H83F3N16O9. The molecule has 9 heterocycles. The number of halogens is 3. The number of hydrogen-bond donors (Lipinski definition) is 4. The number of methoxy groups -OCH3 is 1. The van der Waals surface area contributed by atoms with Crippen molar-refractivity contribution in [3.05, 3.63) is 77.4 Å². The van der Waals surface area contributed by atoms with Crippen molar-refractivity contribution in [3.8, 4) is 11.1 Å². The largest absolute Gasteiger partial charge is 0.468 e. The zero-order valence-electron chi connectivity index (χ0n) is 54.1. The highest BCUT2D eigenvalue weighted by Gasteiger charge is 2.78. The van der Waals surface area contributed by atoms with Crippen LogP contribution < -0.4 is 16.0 Å². The second-order valence-electron chi connectivity index (χ2n) is 27.4. The number of benzene rings is 2. The summed E-state index contributed by atoms with van der Waals surface area (Å²) >= 11 is 0. The summed E-state index contributed by atoms with van der Waals surface area (Å²) in [4.78, 5) is 115. The van der Waals surface area contributed by atoms with E-state index in [-0.39, 0.29) is 98.4 Å². The predicted octanol–water partition coefficient (Wildman–Crippen LogP) is 5.22. The highest BCUT2D eigenvalue weighted by atomic mass is 19.3. The molecule has 28 heteroatoms. The van der Waals surface area contributed by atoms with Gasteiger partial charge >= 0.3 is 5.97 Å². The van der Waals surface area contributed by atoms with Gasteiger partial charge in [0.2, 0.25) is 35.4 Å². The van der Waals surface area contributed by atoms with Gasteiger partial charge in [0.1, 0.15) is 18.9 Å². The number of aromatic nitrogens is 8. The van der Waals surface area contributed by atoms with E-state index in [0.29, 0.717) is 147 Å². The molecule has 4 N–H and O–H groups in total. The van der Waals surface area contributed by atoms with Crippen molar-refractivity contribution < 1.29 is 56.3 Å². The lowest BCUT2D eigenvalue weighted by Crippen LogP contribution is -2.49. The lowest BCUT2D eigenvalue weighted by molar-refractivity contribution is -0.144. The third-order valence-electron chi connectivity index (χ3n) is 21.7. The van der Waals surface area contributed by atoms with Crippen molar-refractivity contribution in [2.45, 2.75) is 121 Å². The molecule has 5 aliphatic heterocycles. The number of fused-ring (bicyclic) bond motifs is 4. The predicted molar refractivity (Wildman–Crippen MR) is 341 cm³/mol. The first-order chi connectivity index (χ1) is 45.7. The summed E-state index contributed by atoms with van der Waals surface area (Å²) in [6, 6.07) is 8.67. The Labute approximate surface area is 547 Å². The Hall–Kier alpha value is -8.69. The van der Waals surface area contributed by atoms with E-state index < -0.39 is 46.8 Å². The molecule has 0 spiro atoms. The van der Waals surface area contributed by atoms with Crippen LogP contribution in [0.15, 0.2) is 48.9 Å². The van der Waals surface area contributed by atoms with Crippen molar-refractivity contribution in [3.63, 3.8) is 0 Å². The monoisotopic (exact) mass is 1310 g/mol. The summed E-state index contributed by atoms with van der Waals surface area (Å²) in [6.07, 6.45) is 12.5. The number of nitrogens with zero attached hydrogens (tertiary/aromatic N) is 12. The van der Waals surface area contributed by atoms with Crippen molar-refractivity contribution in [2.75, 3.05) is 97.5 Å². The molecule has 2 aliphatic carbocycles. The molecule has 0 unspecified atom stereocenters. The molecule has 6 aromatic rings. The highest BCUT2D eigenvalue weighted by Crippen LogP contribution is 2.70. The van der Waals surface area contributed by atoms with Gasteiger partial charge in [0.25, 0.3) is 11.8 Å². The molecule has 2 aromatic carbocycles. The molecule has 25 nitrogen and oxygen atoms in total. The van der Waals surface area contributed by atoms with Gasteiger partial charge in [0.05, 0.1) is 54.5 Å². The van der Waals surface area contributed by atoms with Crippen LogP contribution in [0.2, 0.25) is 0 Å². The smallest absolute Gasteiger partial charge is 0.325 e. The number of nitrogens with one attached hydrogen (secondary N) is 4. The van der Waals surface area contributed by atoms with Crippen molar-refractivity contribution >= 4 is 74.8 Å². The van der Waals surface area contributed by atoms with Gasteiger partial charge in [-0.05, 0) is 113 Å². The van der Waals surface area contributed by atoms with E-state index >= 15 is 4.39 Å². The van der Waals surface area contributed by atoms with Crippen molar-refractivity contribution in [2.24, 2.45) is 36.1 Å². The Morgan fingerprint density at radius 3 is 2.02 bits per heavy atom. The summed E-state index contributed by atoms with van der Waals surface area (Å²) in [5.41, 5.74) is 3.60. The van der Waals surface area contributed by atoms with E-state index in [1.54, 1.807) is 59.0 Å². The average molecular weight is 1310 g/mol. The van der Waals surface area contributed by atoms with Gasteiger partial charge in [-0.3, -0.25) is 57.5 Å². The zero-order chi connectivity index (χ0) is 66.4. The molecule has 2 atom stereocenters. The lowest BCUT2D eigenvalue weighted by Gasteiger charge is -2.40. The minimum absolute atomic E-state index is 0.0304. The molecule has 4 aromatic heterocycles. The van der Waals surface area contributed by atoms with Gasteiger partial charge in [0.15, 0.2) is 5.69 Å². The number of aryl methyl sites for hydroxylation is 1. The maximum Gasteiger partial charge on any atom is 0.325 e. The fourth-order valence-corrected chi connectivity index (χ4v) is 15.8. The summed E-state index contributed by atoms with van der Waals surface area (Å²) in [6.45, 7) is 7.60. The fourth-order valence-electron chi connectivity index (χ4n) is 15.8. The number of likely N-dealkylation sites (tertiary alicyclic amines) is 5. The number of anilines is 1. The maximum absolute atomic E-state index is 16.1. The molecule has 13 rings (SSSR count). The van der Waals surface area contributed by atoms with E-state index in [4.69, 9.17) is 5.10 Å². The Kier molecular flexibility index (Phi) is 18.4. The van der Waals surface area contributed by atoms with Crippen LogP contribution in [-0.2, 0) is 64.7 Å². The summed E-state index contributed by atoms with van der Waals surface area (Å²) in [7, 11) is 2.99. The molecule has 506 valence electrons. The van der Waals surface area contributed by atoms with Gasteiger partial charge < -0.3 is 45.2 Å². The third kappa shape index (κ3) is 13.3. The zero-order valence-corrected chi connectivity index (χ0v) is 54.1. The molecule has 1 saturated carbocycles. The van der Waals surface area contributed by atoms with Crippen LogP contribution >= 0.6 is 0 Å². The van der Waals surface area contributed by atoms with Gasteiger partial charge in [-0.2, -0.15) is 20.4 Å². The highest BCUT2D eigenvalue weighted by molar-refractivity contribution is 6.04. The first kappa shape index (κ1) is 65.0. The number of H-pyrrole nitrogens is 1. The normalized spacial score (nSPS) is 21.6. The summed E-state index contributed by atoms with van der Waals surface area (Å²) in [5.74, 6) is -5.89. The first-order valence-corrected chi connectivity index (χ1v) is 33.6. The number of hydrogen-bond acceptors (Lipinski definition) is 14. The second kappa shape index (κ2) is 26.8. The minimum atomic E-state index is -2.75. The van der Waals surface area contributed by atoms with Crippen LogP contribution in [-0.4, -0.2) is 209 Å². The molecule has 7 aliphatic rings. The number of carbonyl (C=O) groups is 8. The molecule has 5 saturated heterocycles. The van der Waals surface area contributed by atoms with Crippen molar-refractivity contribution in [1.29, 1.82) is 0 Å². The average Bonchev–Trinajstić information content (AvgIpc) is 1.49. The molecule has 0 radical (unpaired) electrons. The number of piperidine rings is 5. The number of rotatable bonds is 18. The van der Waals surface area contributed by atoms with Crippen LogP contribution in [0.1, 0.15) is 123 Å². The number of ether oxygens (including phenoxy) is 1. The van der Waals surface area contributed by atoms with Gasteiger partial charge in [-0.1, -0.05) is 19.1 Å². The molecular weight excluding hydrogens is 1230 g/mol.